The van der Waals surface area contributed by atoms with E-state index in [0.717, 1.165) is 30.5 Å². The maximum atomic E-state index is 13.0. The minimum absolute atomic E-state index is 0.0233. The first-order chi connectivity index (χ1) is 16.8. The predicted octanol–water partition coefficient (Wildman–Crippen LogP) is 2.70. The lowest BCUT2D eigenvalue weighted by molar-refractivity contribution is -0.138. The molecule has 1 amide bonds. The average Bonchev–Trinajstić information content (AvgIpc) is 3.12. The van der Waals surface area contributed by atoms with Crippen LogP contribution in [-0.4, -0.2) is 57.7 Å². The van der Waals surface area contributed by atoms with Crippen molar-refractivity contribution >= 4 is 22.5 Å². The first-order valence-electron chi connectivity index (χ1n) is 11.6. The second-order valence-electron chi connectivity index (χ2n) is 8.97. The van der Waals surface area contributed by atoms with Crippen molar-refractivity contribution < 1.29 is 18.0 Å². The van der Waals surface area contributed by atoms with Gasteiger partial charge in [-0.3, -0.25) is 9.59 Å². The van der Waals surface area contributed by atoms with Gasteiger partial charge >= 0.3 is 6.18 Å². The van der Waals surface area contributed by atoms with Gasteiger partial charge in [-0.25, -0.2) is 10.1 Å². The van der Waals surface area contributed by atoms with Crippen LogP contribution in [0.4, 0.5) is 19.0 Å². The van der Waals surface area contributed by atoms with E-state index in [1.807, 2.05) is 21.9 Å². The number of amides is 1. The number of alkyl halides is 3. The van der Waals surface area contributed by atoms with Crippen LogP contribution in [0.1, 0.15) is 30.5 Å². The van der Waals surface area contributed by atoms with Gasteiger partial charge in [-0.15, -0.1) is 0 Å². The summed E-state index contributed by atoms with van der Waals surface area (Å²) in [6, 6.07) is 9.75. The Balaban J connectivity index is 1.15. The third-order valence-corrected chi connectivity index (χ3v) is 6.75. The van der Waals surface area contributed by atoms with E-state index in [9.17, 15) is 22.8 Å². The Morgan fingerprint density at radius 2 is 1.80 bits per heavy atom. The molecule has 1 aromatic carbocycles. The predicted molar refractivity (Wildman–Crippen MR) is 124 cm³/mol. The number of pyridine rings is 1. The maximum absolute atomic E-state index is 13.0. The van der Waals surface area contributed by atoms with Crippen LogP contribution in [0.2, 0.25) is 0 Å². The van der Waals surface area contributed by atoms with Crippen molar-refractivity contribution in [2.45, 2.75) is 44.1 Å². The molecule has 0 aliphatic carbocycles. The van der Waals surface area contributed by atoms with Crippen LogP contribution in [-0.2, 0) is 17.5 Å². The number of piperazine rings is 1. The molecule has 2 aliphatic rings. The van der Waals surface area contributed by atoms with Gasteiger partial charge < -0.3 is 15.1 Å². The van der Waals surface area contributed by atoms with Crippen LogP contribution in [0.25, 0.3) is 10.8 Å². The molecule has 0 saturated carbocycles. The first-order valence-corrected chi connectivity index (χ1v) is 11.6. The molecule has 4 heterocycles. The normalized spacial score (nSPS) is 20.0. The molecule has 8 nitrogen and oxygen atoms in total. The number of carbonyl (C=O) groups excluding carboxylic acids is 1. The molecule has 11 heteroatoms. The molecular weight excluding hydrogens is 461 g/mol. The van der Waals surface area contributed by atoms with Crippen molar-refractivity contribution in [3.8, 4) is 0 Å². The largest absolute Gasteiger partial charge is 0.417 e. The number of hydrogen-bond acceptors (Lipinski definition) is 6. The van der Waals surface area contributed by atoms with E-state index in [4.69, 9.17) is 0 Å². The van der Waals surface area contributed by atoms with Gasteiger partial charge in [0, 0.05) is 56.3 Å². The fraction of sp³-hybridized carbons (Fsp3) is 0.417. The van der Waals surface area contributed by atoms with Gasteiger partial charge in [-0.1, -0.05) is 18.2 Å². The van der Waals surface area contributed by atoms with E-state index in [-0.39, 0.29) is 23.6 Å². The smallest absolute Gasteiger partial charge is 0.352 e. The van der Waals surface area contributed by atoms with Gasteiger partial charge in [0.15, 0.2) is 0 Å². The van der Waals surface area contributed by atoms with Gasteiger partial charge in [0.2, 0.25) is 5.91 Å². The van der Waals surface area contributed by atoms with E-state index >= 15 is 0 Å². The van der Waals surface area contributed by atoms with Crippen LogP contribution < -0.4 is 15.8 Å². The zero-order chi connectivity index (χ0) is 24.6. The van der Waals surface area contributed by atoms with E-state index in [1.165, 1.54) is 6.07 Å². The van der Waals surface area contributed by atoms with Gasteiger partial charge in [0.1, 0.15) is 5.82 Å². The summed E-state index contributed by atoms with van der Waals surface area (Å²) in [5.74, 6) is 0.564. The van der Waals surface area contributed by atoms with Crippen LogP contribution in [0.5, 0.6) is 0 Å². The van der Waals surface area contributed by atoms with Crippen molar-refractivity contribution in [2.24, 2.45) is 0 Å². The summed E-state index contributed by atoms with van der Waals surface area (Å²) in [4.78, 5) is 32.8. The molecule has 2 fully saturated rings. The first kappa shape index (κ1) is 23.3. The monoisotopic (exact) mass is 486 g/mol. The van der Waals surface area contributed by atoms with E-state index in [2.05, 4.69) is 20.5 Å². The second-order valence-corrected chi connectivity index (χ2v) is 8.97. The number of aromatic nitrogens is 3. The molecule has 2 bridgehead atoms. The van der Waals surface area contributed by atoms with Crippen LogP contribution in [0.15, 0.2) is 47.4 Å². The van der Waals surface area contributed by atoms with Crippen LogP contribution in [0, 0.1) is 0 Å². The summed E-state index contributed by atoms with van der Waals surface area (Å²) in [7, 11) is 0. The number of benzene rings is 1. The zero-order valence-corrected chi connectivity index (χ0v) is 18.9. The molecule has 35 heavy (non-hydrogen) atoms. The van der Waals surface area contributed by atoms with E-state index in [1.54, 1.807) is 12.1 Å². The number of hydrogen-bond donors (Lipinski definition) is 2. The lowest BCUT2D eigenvalue weighted by atomic mass is 10.1. The van der Waals surface area contributed by atoms with Gasteiger partial charge in [0.05, 0.1) is 16.6 Å². The Kier molecular flexibility index (Phi) is 6.18. The molecule has 3 aromatic rings. The molecule has 0 spiro atoms. The third-order valence-electron chi connectivity index (χ3n) is 6.75. The highest BCUT2D eigenvalue weighted by atomic mass is 19.4. The maximum Gasteiger partial charge on any atom is 0.417 e. The number of aromatic amines is 1. The molecule has 0 radical (unpaired) electrons. The number of H-pyrrole nitrogens is 1. The highest BCUT2D eigenvalue weighted by Crippen LogP contribution is 2.34. The number of fused-ring (bicyclic) bond motifs is 3. The summed E-state index contributed by atoms with van der Waals surface area (Å²) < 4.78 is 38.5. The fourth-order valence-corrected chi connectivity index (χ4v) is 5.08. The SMILES string of the molecule is O=C(CCNCc1n[nH]c(=O)c2ccccc12)N1C2CCC1CN(c1ccc(C(F)(F)F)cn1)C2. The van der Waals surface area contributed by atoms with Gasteiger partial charge in [-0.2, -0.15) is 18.3 Å². The van der Waals surface area contributed by atoms with Crippen molar-refractivity contribution in [3.05, 3.63) is 64.2 Å². The number of anilines is 1. The van der Waals surface area contributed by atoms with Crippen molar-refractivity contribution in [1.82, 2.24) is 25.4 Å². The number of halogens is 3. The minimum atomic E-state index is -4.41. The summed E-state index contributed by atoms with van der Waals surface area (Å²) in [5.41, 5.74) is -0.290. The van der Waals surface area contributed by atoms with Crippen molar-refractivity contribution in [1.29, 1.82) is 0 Å². The highest BCUT2D eigenvalue weighted by molar-refractivity contribution is 5.83. The number of nitrogens with one attached hydrogen (secondary N) is 2. The van der Waals surface area contributed by atoms with E-state index < -0.39 is 11.7 Å². The van der Waals surface area contributed by atoms with Crippen LogP contribution in [0.3, 0.4) is 0 Å². The standard InChI is InChI=1S/C24H25F3N6O2/c25-24(26,27)15-5-8-21(29-11-15)32-13-16-6-7-17(14-32)33(16)22(34)9-10-28-12-20-18-3-1-2-4-19(18)23(35)31-30-20/h1-5,8,11,16-17,28H,6-7,9-10,12-14H2,(H,31,35). The number of carbonyl (C=O) groups is 1. The van der Waals surface area contributed by atoms with E-state index in [0.29, 0.717) is 49.5 Å². The molecule has 184 valence electrons. The molecular formula is C24H25F3N6O2. The molecule has 2 aliphatic heterocycles. The topological polar surface area (TPSA) is 94.2 Å². The minimum Gasteiger partial charge on any atom is -0.352 e. The van der Waals surface area contributed by atoms with Gasteiger partial charge in [-0.05, 0) is 31.0 Å². The molecule has 2 atom stereocenters. The lowest BCUT2D eigenvalue weighted by Gasteiger charge is -2.41. The van der Waals surface area contributed by atoms with Crippen molar-refractivity contribution in [2.75, 3.05) is 24.5 Å². The average molecular weight is 486 g/mol. The lowest BCUT2D eigenvalue weighted by Crippen LogP contribution is -2.56. The molecule has 5 rings (SSSR count). The molecule has 2 N–H and O–H groups in total. The fourth-order valence-electron chi connectivity index (χ4n) is 5.08. The summed E-state index contributed by atoms with van der Waals surface area (Å²) in [6.07, 6.45) is -1.49. The Bertz CT molecular complexity index is 1260. The second kappa shape index (κ2) is 9.29. The van der Waals surface area contributed by atoms with Gasteiger partial charge in [0.25, 0.3) is 5.56 Å². The summed E-state index contributed by atoms with van der Waals surface area (Å²) in [5, 5.41) is 11.2. The quantitative estimate of drug-likeness (QED) is 0.521. The Hall–Kier alpha value is -3.47. The number of nitrogens with zero attached hydrogens (tertiary/aromatic N) is 4. The Morgan fingerprint density at radius 1 is 1.09 bits per heavy atom. The third kappa shape index (κ3) is 4.72. The Morgan fingerprint density at radius 3 is 2.46 bits per heavy atom. The Labute approximate surface area is 199 Å². The molecule has 2 unspecified atom stereocenters. The summed E-state index contributed by atoms with van der Waals surface area (Å²) in [6.45, 7) is 2.00. The highest BCUT2D eigenvalue weighted by Gasteiger charge is 2.42. The van der Waals surface area contributed by atoms with Crippen LogP contribution >= 0.6 is 0 Å². The zero-order valence-electron chi connectivity index (χ0n) is 18.9. The molecule has 2 saturated heterocycles. The van der Waals surface area contributed by atoms with Crippen molar-refractivity contribution in [3.63, 3.8) is 0 Å². The number of rotatable bonds is 6. The molecule has 2 aromatic heterocycles. The summed E-state index contributed by atoms with van der Waals surface area (Å²) >= 11 is 0.